The quantitative estimate of drug-likeness (QED) is 0.862. The summed E-state index contributed by atoms with van der Waals surface area (Å²) in [6, 6.07) is 10.0. The standard InChI is InChI=1S/C18H21N5O/c1-13-5-8-17(21-20-13)22-10-14-6-7-16(12-22)23(18(14)24)11-15-4-2-3-9-19-15/h2-5,8-9,14,16H,6-7,10-12H2,1H3/t14-,16+/m0/s1. The van der Waals surface area contributed by atoms with Gasteiger partial charge in [0.15, 0.2) is 5.82 Å². The fourth-order valence-electron chi connectivity index (χ4n) is 3.66. The van der Waals surface area contributed by atoms with Crippen LogP contribution in [-0.2, 0) is 11.3 Å². The molecule has 24 heavy (non-hydrogen) atoms. The van der Waals surface area contributed by atoms with Crippen LogP contribution in [0, 0.1) is 12.8 Å². The van der Waals surface area contributed by atoms with Gasteiger partial charge in [0.2, 0.25) is 5.91 Å². The molecule has 0 spiro atoms. The second-order valence-corrected chi connectivity index (χ2v) is 6.65. The molecule has 0 radical (unpaired) electrons. The van der Waals surface area contributed by atoms with Crippen LogP contribution >= 0.6 is 0 Å². The van der Waals surface area contributed by atoms with E-state index in [4.69, 9.17) is 0 Å². The van der Waals surface area contributed by atoms with Crippen molar-refractivity contribution < 1.29 is 4.79 Å². The SMILES string of the molecule is Cc1ccc(N2C[C@@H]3CC[C@H](C2)N(Cc2ccccn2)C3=O)nn1. The maximum absolute atomic E-state index is 12.9. The topological polar surface area (TPSA) is 62.2 Å². The molecule has 2 aromatic heterocycles. The van der Waals surface area contributed by atoms with E-state index in [0.717, 1.165) is 43.1 Å². The third-order valence-electron chi connectivity index (χ3n) is 4.96. The van der Waals surface area contributed by atoms with Crippen molar-refractivity contribution in [3.05, 3.63) is 47.9 Å². The van der Waals surface area contributed by atoms with Gasteiger partial charge < -0.3 is 9.80 Å². The molecule has 0 aliphatic carbocycles. The van der Waals surface area contributed by atoms with Crippen LogP contribution in [-0.4, -0.2) is 45.1 Å². The summed E-state index contributed by atoms with van der Waals surface area (Å²) >= 11 is 0. The second kappa shape index (κ2) is 6.19. The van der Waals surface area contributed by atoms with Gasteiger partial charge in [0.05, 0.1) is 23.9 Å². The van der Waals surface area contributed by atoms with Crippen molar-refractivity contribution in [2.75, 3.05) is 18.0 Å². The highest BCUT2D eigenvalue weighted by molar-refractivity contribution is 5.81. The molecule has 0 N–H and O–H groups in total. The molecule has 124 valence electrons. The number of amides is 1. The molecule has 3 aliphatic heterocycles. The van der Waals surface area contributed by atoms with E-state index in [0.29, 0.717) is 6.54 Å². The number of fused-ring (bicyclic) bond motifs is 4. The summed E-state index contributed by atoms with van der Waals surface area (Å²) in [7, 11) is 0. The van der Waals surface area contributed by atoms with Gasteiger partial charge in [-0.25, -0.2) is 0 Å². The van der Waals surface area contributed by atoms with Gasteiger partial charge in [-0.15, -0.1) is 5.10 Å². The lowest BCUT2D eigenvalue weighted by Crippen LogP contribution is -2.47. The molecular weight excluding hydrogens is 302 g/mol. The van der Waals surface area contributed by atoms with E-state index in [2.05, 4.69) is 20.1 Å². The molecule has 3 aliphatic rings. The first kappa shape index (κ1) is 15.1. The van der Waals surface area contributed by atoms with Crippen LogP contribution in [0.4, 0.5) is 5.82 Å². The van der Waals surface area contributed by atoms with Gasteiger partial charge in [0.1, 0.15) is 0 Å². The number of nitrogens with zero attached hydrogens (tertiary/aromatic N) is 5. The average molecular weight is 323 g/mol. The average Bonchev–Trinajstić information content (AvgIpc) is 2.89. The first-order valence-electron chi connectivity index (χ1n) is 8.46. The lowest BCUT2D eigenvalue weighted by Gasteiger charge is -2.35. The number of aryl methyl sites for hydroxylation is 1. The van der Waals surface area contributed by atoms with Crippen LogP contribution in [0.1, 0.15) is 24.2 Å². The van der Waals surface area contributed by atoms with Crippen LogP contribution in [0.25, 0.3) is 0 Å². The van der Waals surface area contributed by atoms with Crippen molar-refractivity contribution in [2.45, 2.75) is 32.4 Å². The number of anilines is 1. The summed E-state index contributed by atoms with van der Waals surface area (Å²) in [5, 5.41) is 8.47. The minimum absolute atomic E-state index is 0.0376. The zero-order chi connectivity index (χ0) is 16.5. The number of aromatic nitrogens is 3. The summed E-state index contributed by atoms with van der Waals surface area (Å²) in [5.41, 5.74) is 1.85. The number of hydrogen-bond acceptors (Lipinski definition) is 5. The van der Waals surface area contributed by atoms with Gasteiger partial charge in [-0.2, -0.15) is 5.10 Å². The molecule has 0 unspecified atom stereocenters. The Hall–Kier alpha value is -2.50. The fraction of sp³-hybridized carbons (Fsp3) is 0.444. The van der Waals surface area contributed by atoms with Crippen molar-refractivity contribution in [3.63, 3.8) is 0 Å². The maximum atomic E-state index is 12.9. The van der Waals surface area contributed by atoms with Crippen LogP contribution in [0.3, 0.4) is 0 Å². The highest BCUT2D eigenvalue weighted by atomic mass is 16.2. The Morgan fingerprint density at radius 2 is 2.04 bits per heavy atom. The van der Waals surface area contributed by atoms with Crippen molar-refractivity contribution in [1.29, 1.82) is 0 Å². The first-order chi connectivity index (χ1) is 11.7. The highest BCUT2D eigenvalue weighted by Gasteiger charge is 2.41. The molecule has 0 aromatic carbocycles. The van der Waals surface area contributed by atoms with Crippen LogP contribution in [0.5, 0.6) is 0 Å². The highest BCUT2D eigenvalue weighted by Crippen LogP contribution is 2.31. The smallest absolute Gasteiger partial charge is 0.228 e. The van der Waals surface area contributed by atoms with E-state index < -0.39 is 0 Å². The first-order valence-corrected chi connectivity index (χ1v) is 8.46. The van der Waals surface area contributed by atoms with Crippen LogP contribution < -0.4 is 4.90 Å². The van der Waals surface area contributed by atoms with Crippen LogP contribution in [0.15, 0.2) is 36.5 Å². The monoisotopic (exact) mass is 323 g/mol. The summed E-state index contributed by atoms with van der Waals surface area (Å²) in [6.45, 7) is 4.06. The van der Waals surface area contributed by atoms with E-state index in [-0.39, 0.29) is 17.9 Å². The van der Waals surface area contributed by atoms with Crippen molar-refractivity contribution in [2.24, 2.45) is 5.92 Å². The Bertz CT molecular complexity index is 718. The molecule has 2 atom stereocenters. The summed E-state index contributed by atoms with van der Waals surface area (Å²) < 4.78 is 0. The van der Waals surface area contributed by atoms with Gasteiger partial charge in [0, 0.05) is 25.3 Å². The number of pyridine rings is 1. The van der Waals surface area contributed by atoms with Crippen LogP contribution in [0.2, 0.25) is 0 Å². The Kier molecular flexibility index (Phi) is 3.88. The molecule has 2 bridgehead atoms. The van der Waals surface area contributed by atoms with Gasteiger partial charge in [-0.05, 0) is 44.0 Å². The van der Waals surface area contributed by atoms with Gasteiger partial charge in [0.25, 0.3) is 0 Å². The molecule has 5 rings (SSSR count). The number of carbonyl (C=O) groups is 1. The summed E-state index contributed by atoms with van der Waals surface area (Å²) in [5.74, 6) is 1.15. The van der Waals surface area contributed by atoms with E-state index in [9.17, 15) is 4.79 Å². The molecule has 2 aromatic rings. The lowest BCUT2D eigenvalue weighted by molar-refractivity contribution is -0.140. The summed E-state index contributed by atoms with van der Waals surface area (Å²) in [4.78, 5) is 21.5. The molecule has 5 heterocycles. The van der Waals surface area contributed by atoms with Gasteiger partial charge in [-0.3, -0.25) is 9.78 Å². The Labute approximate surface area is 141 Å². The van der Waals surface area contributed by atoms with Gasteiger partial charge in [-0.1, -0.05) is 6.07 Å². The predicted octanol–water partition coefficient (Wildman–Crippen LogP) is 1.81. The molecule has 3 saturated heterocycles. The fourth-order valence-corrected chi connectivity index (χ4v) is 3.66. The van der Waals surface area contributed by atoms with Gasteiger partial charge >= 0.3 is 0 Å². The van der Waals surface area contributed by atoms with Crippen molar-refractivity contribution >= 4 is 11.7 Å². The molecule has 6 nitrogen and oxygen atoms in total. The number of carbonyl (C=O) groups excluding carboxylic acids is 1. The normalized spacial score (nSPS) is 23.5. The second-order valence-electron chi connectivity index (χ2n) is 6.65. The van der Waals surface area contributed by atoms with E-state index in [1.807, 2.05) is 42.2 Å². The van der Waals surface area contributed by atoms with E-state index in [1.54, 1.807) is 6.20 Å². The van der Waals surface area contributed by atoms with E-state index in [1.165, 1.54) is 0 Å². The zero-order valence-electron chi connectivity index (χ0n) is 13.8. The minimum atomic E-state index is 0.0376. The number of piperidine rings is 1. The zero-order valence-corrected chi connectivity index (χ0v) is 13.8. The molecule has 6 heteroatoms. The largest absolute Gasteiger partial charge is 0.352 e. The van der Waals surface area contributed by atoms with Crippen molar-refractivity contribution in [1.82, 2.24) is 20.1 Å². The molecule has 1 amide bonds. The Balaban J connectivity index is 1.57. The Morgan fingerprint density at radius 1 is 1.12 bits per heavy atom. The number of hydrogen-bond donors (Lipinski definition) is 0. The minimum Gasteiger partial charge on any atom is -0.352 e. The van der Waals surface area contributed by atoms with Crippen molar-refractivity contribution in [3.8, 4) is 0 Å². The predicted molar refractivity (Wildman–Crippen MR) is 90.3 cm³/mol. The third kappa shape index (κ3) is 2.84. The maximum Gasteiger partial charge on any atom is 0.228 e. The molecular formula is C18H21N5O. The lowest BCUT2D eigenvalue weighted by atomic mass is 9.94. The van der Waals surface area contributed by atoms with E-state index >= 15 is 0 Å². The Morgan fingerprint density at radius 3 is 2.79 bits per heavy atom. The third-order valence-corrected chi connectivity index (χ3v) is 4.96. The molecule has 3 fully saturated rings. The summed E-state index contributed by atoms with van der Waals surface area (Å²) in [6.07, 6.45) is 3.78. The number of rotatable bonds is 3. The molecule has 0 saturated carbocycles.